The Balaban J connectivity index is 2.04. The van der Waals surface area contributed by atoms with Crippen LogP contribution in [0.4, 0.5) is 0 Å². The molecule has 0 aliphatic heterocycles. The number of hydrogen-bond donors (Lipinski definition) is 1. The first kappa shape index (κ1) is 19.9. The molecule has 2 rings (SSSR count). The van der Waals surface area contributed by atoms with Crippen molar-refractivity contribution in [2.75, 3.05) is 27.9 Å². The van der Waals surface area contributed by atoms with Gasteiger partial charge in [0.15, 0.2) is 23.0 Å². The van der Waals surface area contributed by atoms with E-state index >= 15 is 0 Å². The number of benzene rings is 2. The van der Waals surface area contributed by atoms with Crippen molar-refractivity contribution in [1.29, 1.82) is 0 Å². The Hall–Kier alpha value is -2.41. The fourth-order valence-electron chi connectivity index (χ4n) is 2.37. The van der Waals surface area contributed by atoms with Crippen LogP contribution in [0.25, 0.3) is 0 Å². The Bertz CT molecular complexity index is 765. The molecule has 0 bridgehead atoms. The van der Waals surface area contributed by atoms with Crippen LogP contribution in [0, 0.1) is 0 Å². The van der Waals surface area contributed by atoms with E-state index in [1.54, 1.807) is 27.5 Å². The number of hydrogen-bond acceptors (Lipinski definition) is 6. The van der Waals surface area contributed by atoms with Gasteiger partial charge in [-0.1, -0.05) is 6.07 Å². The van der Waals surface area contributed by atoms with Crippen molar-refractivity contribution in [3.05, 3.63) is 45.9 Å². The van der Waals surface area contributed by atoms with Gasteiger partial charge in [0, 0.05) is 0 Å². The molecule has 0 saturated heterocycles. The number of ether oxygens (including phenoxy) is 4. The second-order valence-corrected chi connectivity index (χ2v) is 6.10. The highest BCUT2D eigenvalue weighted by Crippen LogP contribution is 2.36. The zero-order valence-corrected chi connectivity index (χ0v) is 16.9. The normalized spacial score (nSPS) is 10.7. The van der Waals surface area contributed by atoms with Crippen LogP contribution in [0.1, 0.15) is 18.1 Å². The molecule has 0 spiro atoms. The minimum atomic E-state index is 0.556. The van der Waals surface area contributed by atoms with Crippen molar-refractivity contribution >= 4 is 22.1 Å². The Morgan fingerprint density at radius 3 is 2.42 bits per heavy atom. The number of nitrogens with one attached hydrogen (secondary N) is 1. The molecule has 0 aromatic heterocycles. The second kappa shape index (κ2) is 9.91. The van der Waals surface area contributed by atoms with Gasteiger partial charge in [0.25, 0.3) is 0 Å². The SMILES string of the molecule is CCOc1cc(/C=N\NCc2ccc(OC)c(OC)c2)cc(Br)c1OC. The molecular formula is C19H23BrN2O4. The molecule has 2 aromatic rings. The Morgan fingerprint density at radius 2 is 1.77 bits per heavy atom. The standard InChI is InChI=1S/C19H23BrN2O4/c1-5-26-18-10-14(8-15(20)19(18)25-4)12-22-21-11-13-6-7-16(23-2)17(9-13)24-3/h6-10,12,21H,5,11H2,1-4H3/b22-12-. The minimum absolute atomic E-state index is 0.556. The molecule has 0 aliphatic rings. The molecule has 0 unspecified atom stereocenters. The average Bonchev–Trinajstić information content (AvgIpc) is 2.65. The van der Waals surface area contributed by atoms with Gasteiger partial charge in [-0.2, -0.15) is 5.10 Å². The van der Waals surface area contributed by atoms with Crippen molar-refractivity contribution in [2.24, 2.45) is 5.10 Å². The highest BCUT2D eigenvalue weighted by atomic mass is 79.9. The first-order chi connectivity index (χ1) is 12.6. The molecule has 0 fully saturated rings. The van der Waals surface area contributed by atoms with Gasteiger partial charge >= 0.3 is 0 Å². The Morgan fingerprint density at radius 1 is 1.00 bits per heavy atom. The third-order valence-electron chi connectivity index (χ3n) is 3.57. The van der Waals surface area contributed by atoms with E-state index in [0.717, 1.165) is 15.6 Å². The van der Waals surface area contributed by atoms with Crippen molar-refractivity contribution in [3.63, 3.8) is 0 Å². The van der Waals surface area contributed by atoms with Crippen LogP contribution < -0.4 is 24.4 Å². The van der Waals surface area contributed by atoms with E-state index in [2.05, 4.69) is 26.5 Å². The summed E-state index contributed by atoms with van der Waals surface area (Å²) in [7, 11) is 4.84. The quantitative estimate of drug-likeness (QED) is 0.488. The zero-order valence-electron chi connectivity index (χ0n) is 15.3. The third-order valence-corrected chi connectivity index (χ3v) is 4.16. The monoisotopic (exact) mass is 422 g/mol. The summed E-state index contributed by atoms with van der Waals surface area (Å²) in [6.45, 7) is 3.05. The van der Waals surface area contributed by atoms with Crippen molar-refractivity contribution in [2.45, 2.75) is 13.5 Å². The average molecular weight is 423 g/mol. The predicted octanol–water partition coefficient (Wildman–Crippen LogP) is 4.00. The first-order valence-electron chi connectivity index (χ1n) is 8.10. The zero-order chi connectivity index (χ0) is 18.9. The number of methoxy groups -OCH3 is 3. The van der Waals surface area contributed by atoms with Gasteiger partial charge in [-0.25, -0.2) is 0 Å². The van der Waals surface area contributed by atoms with Gasteiger partial charge in [-0.15, -0.1) is 0 Å². The van der Waals surface area contributed by atoms with Gasteiger partial charge in [0.1, 0.15) is 0 Å². The highest BCUT2D eigenvalue weighted by molar-refractivity contribution is 9.10. The maximum Gasteiger partial charge on any atom is 0.174 e. The third kappa shape index (κ3) is 5.05. The topological polar surface area (TPSA) is 61.3 Å². The van der Waals surface area contributed by atoms with Crippen LogP contribution in [0.2, 0.25) is 0 Å². The van der Waals surface area contributed by atoms with Crippen LogP contribution in [-0.4, -0.2) is 34.2 Å². The van der Waals surface area contributed by atoms with Gasteiger partial charge in [-0.3, -0.25) is 0 Å². The van der Waals surface area contributed by atoms with Crippen molar-refractivity contribution < 1.29 is 18.9 Å². The van der Waals surface area contributed by atoms with Gasteiger partial charge in [0.2, 0.25) is 0 Å². The molecule has 0 saturated carbocycles. The fourth-order valence-corrected chi connectivity index (χ4v) is 2.99. The highest BCUT2D eigenvalue weighted by Gasteiger charge is 2.10. The van der Waals surface area contributed by atoms with E-state index in [9.17, 15) is 0 Å². The van der Waals surface area contributed by atoms with E-state index in [4.69, 9.17) is 18.9 Å². The summed E-state index contributed by atoms with van der Waals surface area (Å²) >= 11 is 3.49. The summed E-state index contributed by atoms with van der Waals surface area (Å²) in [5.74, 6) is 2.73. The molecule has 0 aliphatic carbocycles. The van der Waals surface area contributed by atoms with Crippen molar-refractivity contribution in [1.82, 2.24) is 5.43 Å². The molecule has 0 amide bonds. The second-order valence-electron chi connectivity index (χ2n) is 5.25. The molecule has 0 atom stereocenters. The Labute approximate surface area is 162 Å². The van der Waals surface area contributed by atoms with Gasteiger partial charge in [0.05, 0.1) is 45.2 Å². The van der Waals surface area contributed by atoms with Crippen LogP contribution in [0.5, 0.6) is 23.0 Å². The largest absolute Gasteiger partial charge is 0.493 e. The van der Waals surface area contributed by atoms with E-state index in [1.807, 2.05) is 37.3 Å². The maximum absolute atomic E-state index is 5.61. The molecule has 2 aromatic carbocycles. The molecular weight excluding hydrogens is 400 g/mol. The fraction of sp³-hybridized carbons (Fsp3) is 0.316. The predicted molar refractivity (Wildman–Crippen MR) is 106 cm³/mol. The number of rotatable bonds is 9. The van der Waals surface area contributed by atoms with Crippen LogP contribution in [0.15, 0.2) is 39.9 Å². The summed E-state index contributed by atoms with van der Waals surface area (Å²) in [6, 6.07) is 9.55. The molecule has 7 heteroatoms. The van der Waals surface area contributed by atoms with E-state index in [-0.39, 0.29) is 0 Å². The Kier molecular flexibility index (Phi) is 7.59. The molecule has 0 heterocycles. The lowest BCUT2D eigenvalue weighted by Gasteiger charge is -2.12. The van der Waals surface area contributed by atoms with Gasteiger partial charge < -0.3 is 24.4 Å². The lowest BCUT2D eigenvalue weighted by Crippen LogP contribution is -2.06. The summed E-state index contributed by atoms with van der Waals surface area (Å²) in [6.07, 6.45) is 1.73. The first-order valence-corrected chi connectivity index (χ1v) is 8.89. The molecule has 6 nitrogen and oxygen atoms in total. The molecule has 140 valence electrons. The van der Waals surface area contributed by atoms with Crippen molar-refractivity contribution in [3.8, 4) is 23.0 Å². The summed E-state index contributed by atoms with van der Waals surface area (Å²) in [5.41, 5.74) is 4.95. The van der Waals surface area contributed by atoms with Gasteiger partial charge in [-0.05, 0) is 58.2 Å². The molecule has 0 radical (unpaired) electrons. The smallest absolute Gasteiger partial charge is 0.174 e. The lowest BCUT2D eigenvalue weighted by atomic mass is 10.2. The number of halogens is 1. The van der Waals surface area contributed by atoms with E-state index in [0.29, 0.717) is 36.1 Å². The lowest BCUT2D eigenvalue weighted by molar-refractivity contribution is 0.310. The van der Waals surface area contributed by atoms with E-state index in [1.165, 1.54) is 0 Å². The van der Waals surface area contributed by atoms with Crippen LogP contribution >= 0.6 is 15.9 Å². The summed E-state index contributed by atoms with van der Waals surface area (Å²) in [4.78, 5) is 0. The minimum Gasteiger partial charge on any atom is -0.493 e. The number of nitrogens with zero attached hydrogens (tertiary/aromatic N) is 1. The molecule has 1 N–H and O–H groups in total. The van der Waals surface area contributed by atoms with Crippen LogP contribution in [-0.2, 0) is 6.54 Å². The summed E-state index contributed by atoms with van der Waals surface area (Å²) < 4.78 is 22.3. The van der Waals surface area contributed by atoms with E-state index < -0.39 is 0 Å². The number of hydrazone groups is 1. The summed E-state index contributed by atoms with van der Waals surface area (Å²) in [5, 5.41) is 4.27. The maximum atomic E-state index is 5.61. The molecule has 26 heavy (non-hydrogen) atoms. The van der Waals surface area contributed by atoms with Crippen LogP contribution in [0.3, 0.4) is 0 Å².